The van der Waals surface area contributed by atoms with Gasteiger partial charge in [-0.25, -0.2) is 4.98 Å². The molecule has 0 bridgehead atoms. The lowest BCUT2D eigenvalue weighted by molar-refractivity contribution is -0.118. The van der Waals surface area contributed by atoms with Crippen molar-refractivity contribution in [2.45, 2.75) is 31.6 Å². The van der Waals surface area contributed by atoms with E-state index in [1.54, 1.807) is 30.0 Å². The maximum atomic E-state index is 11.9. The fourth-order valence-electron chi connectivity index (χ4n) is 3.00. The quantitative estimate of drug-likeness (QED) is 0.633. The van der Waals surface area contributed by atoms with Gasteiger partial charge in [0.2, 0.25) is 0 Å². The first-order chi connectivity index (χ1) is 13.0. The van der Waals surface area contributed by atoms with Crippen LogP contribution < -0.4 is 4.74 Å². The molecule has 0 spiro atoms. The van der Waals surface area contributed by atoms with Gasteiger partial charge in [-0.2, -0.15) is 11.8 Å². The molecule has 0 aliphatic rings. The van der Waals surface area contributed by atoms with E-state index in [-0.39, 0.29) is 16.8 Å². The first kappa shape index (κ1) is 19.3. The fraction of sp³-hybridized carbons (Fsp3) is 0.333. The summed E-state index contributed by atoms with van der Waals surface area (Å²) in [5.41, 5.74) is 2.82. The van der Waals surface area contributed by atoms with Crippen molar-refractivity contribution in [2.75, 3.05) is 6.26 Å². The van der Waals surface area contributed by atoms with Gasteiger partial charge in [0.05, 0.1) is 16.3 Å². The highest BCUT2D eigenvalue weighted by Gasteiger charge is 2.16. The summed E-state index contributed by atoms with van der Waals surface area (Å²) < 4.78 is 7.79. The summed E-state index contributed by atoms with van der Waals surface area (Å²) in [6.07, 6.45) is 3.29. The minimum absolute atomic E-state index is 0.0122. The van der Waals surface area contributed by atoms with Crippen LogP contribution in [0.5, 0.6) is 11.5 Å². The van der Waals surface area contributed by atoms with E-state index in [9.17, 15) is 9.90 Å². The lowest BCUT2D eigenvalue weighted by Gasteiger charge is -2.13. The number of carbonyl (C=O) groups is 1. The van der Waals surface area contributed by atoms with Gasteiger partial charge >= 0.3 is 0 Å². The van der Waals surface area contributed by atoms with Crippen molar-refractivity contribution in [3.05, 3.63) is 53.9 Å². The molecule has 1 N–H and O–H groups in total. The van der Waals surface area contributed by atoms with Crippen LogP contribution in [0, 0.1) is 0 Å². The van der Waals surface area contributed by atoms with Gasteiger partial charge in [-0.15, -0.1) is 0 Å². The molecule has 27 heavy (non-hydrogen) atoms. The highest BCUT2D eigenvalue weighted by Crippen LogP contribution is 2.22. The van der Waals surface area contributed by atoms with Crippen LogP contribution in [-0.2, 0) is 24.9 Å². The minimum Gasteiger partial charge on any atom is -0.508 e. The summed E-state index contributed by atoms with van der Waals surface area (Å²) in [6, 6.07) is 13.0. The van der Waals surface area contributed by atoms with Crippen LogP contribution in [0.4, 0.5) is 0 Å². The first-order valence-corrected chi connectivity index (χ1v) is 10.2. The number of ketones is 1. The van der Waals surface area contributed by atoms with Crippen LogP contribution in [0.1, 0.15) is 24.7 Å². The summed E-state index contributed by atoms with van der Waals surface area (Å²) in [7, 11) is 1.91. The molecule has 2 aromatic carbocycles. The number of aryl methyl sites for hydroxylation is 1. The van der Waals surface area contributed by atoms with Gasteiger partial charge in [0.1, 0.15) is 29.7 Å². The summed E-state index contributed by atoms with van der Waals surface area (Å²) in [5, 5.41) is 9.65. The van der Waals surface area contributed by atoms with E-state index in [2.05, 4.69) is 4.98 Å². The third kappa shape index (κ3) is 4.45. The predicted molar refractivity (Wildman–Crippen MR) is 109 cm³/mol. The van der Waals surface area contributed by atoms with Crippen LogP contribution in [0.3, 0.4) is 0 Å². The van der Waals surface area contributed by atoms with Gasteiger partial charge in [-0.1, -0.05) is 19.1 Å². The van der Waals surface area contributed by atoms with E-state index in [0.29, 0.717) is 13.0 Å². The van der Waals surface area contributed by atoms with Crippen molar-refractivity contribution in [3.63, 3.8) is 0 Å². The Morgan fingerprint density at radius 2 is 2.00 bits per heavy atom. The normalized spacial score (nSPS) is 12.3. The van der Waals surface area contributed by atoms with Crippen LogP contribution in [-0.4, -0.2) is 31.9 Å². The molecular weight excluding hydrogens is 360 g/mol. The first-order valence-electron chi connectivity index (χ1n) is 8.93. The lowest BCUT2D eigenvalue weighted by Crippen LogP contribution is -2.18. The molecule has 0 saturated heterocycles. The molecule has 142 valence electrons. The number of benzene rings is 2. The number of rotatable bonds is 8. The van der Waals surface area contributed by atoms with Gasteiger partial charge in [0.15, 0.2) is 0 Å². The zero-order valence-electron chi connectivity index (χ0n) is 15.8. The molecule has 0 fully saturated rings. The third-order valence-corrected chi connectivity index (χ3v) is 5.66. The van der Waals surface area contributed by atoms with E-state index in [1.807, 2.05) is 49.1 Å². The molecule has 3 aromatic rings. The number of hydrogen-bond acceptors (Lipinski definition) is 5. The molecule has 1 unspecified atom stereocenters. The van der Waals surface area contributed by atoms with Crippen LogP contribution >= 0.6 is 11.8 Å². The van der Waals surface area contributed by atoms with Gasteiger partial charge in [0.25, 0.3) is 0 Å². The number of carbonyl (C=O) groups excluding carboxylic acids is 1. The second-order valence-electron chi connectivity index (χ2n) is 6.44. The summed E-state index contributed by atoms with van der Waals surface area (Å²) in [6.45, 7) is 2.25. The second-order valence-corrected chi connectivity index (χ2v) is 7.48. The minimum atomic E-state index is 0.0122. The van der Waals surface area contributed by atoms with Gasteiger partial charge in [-0.05, 0) is 42.5 Å². The van der Waals surface area contributed by atoms with Crippen molar-refractivity contribution < 1.29 is 14.6 Å². The van der Waals surface area contributed by atoms with Gasteiger partial charge in [-0.3, -0.25) is 4.79 Å². The molecule has 0 aliphatic heterocycles. The number of aromatic hydroxyl groups is 1. The molecule has 6 heteroatoms. The largest absolute Gasteiger partial charge is 0.508 e. The van der Waals surface area contributed by atoms with Crippen molar-refractivity contribution in [1.29, 1.82) is 0 Å². The van der Waals surface area contributed by atoms with Gasteiger partial charge in [0, 0.05) is 19.5 Å². The number of hydrogen-bond donors (Lipinski definition) is 1. The monoisotopic (exact) mass is 384 g/mol. The highest BCUT2D eigenvalue weighted by atomic mass is 32.2. The molecule has 1 atom stereocenters. The van der Waals surface area contributed by atoms with E-state index in [4.69, 9.17) is 4.74 Å². The molecule has 0 aliphatic carbocycles. The number of ether oxygens (including phenoxy) is 1. The van der Waals surface area contributed by atoms with Crippen LogP contribution in [0.15, 0.2) is 42.5 Å². The van der Waals surface area contributed by atoms with E-state index in [1.165, 1.54) is 0 Å². The Hall–Kier alpha value is -2.47. The molecular formula is C21H24N2O3S. The van der Waals surface area contributed by atoms with Gasteiger partial charge < -0.3 is 14.4 Å². The standard InChI is InChI=1S/C21H24N2O3S/c1-4-19(25)20(27-3)11-14-5-8-16(9-6-14)26-13-21-22-17-10-7-15(24)12-18(17)23(21)2/h5-10,12,20,24H,4,11,13H2,1-3H3. The zero-order valence-corrected chi connectivity index (χ0v) is 16.6. The predicted octanol–water partition coefficient (Wildman–Crippen LogP) is 4.11. The van der Waals surface area contributed by atoms with Crippen molar-refractivity contribution in [1.82, 2.24) is 9.55 Å². The number of Topliss-reactive ketones (excluding diaryl/α,β-unsaturated/α-hetero) is 1. The molecule has 0 radical (unpaired) electrons. The molecule has 3 rings (SSSR count). The Labute approximate surface area is 163 Å². The lowest BCUT2D eigenvalue weighted by atomic mass is 10.1. The number of nitrogens with zero attached hydrogens (tertiary/aromatic N) is 2. The summed E-state index contributed by atoms with van der Waals surface area (Å²) in [4.78, 5) is 16.5. The summed E-state index contributed by atoms with van der Waals surface area (Å²) in [5.74, 6) is 2.06. The third-order valence-electron chi connectivity index (χ3n) is 4.66. The van der Waals surface area contributed by atoms with Crippen LogP contribution in [0.2, 0.25) is 0 Å². The number of thioether (sulfide) groups is 1. The number of fused-ring (bicyclic) bond motifs is 1. The average Bonchev–Trinajstić information content (AvgIpc) is 3.00. The second kappa shape index (κ2) is 8.48. The fourth-order valence-corrected chi connectivity index (χ4v) is 3.79. The number of phenolic OH excluding ortho intramolecular Hbond substituents is 1. The Morgan fingerprint density at radius 3 is 2.67 bits per heavy atom. The Kier molecular flexibility index (Phi) is 6.06. The maximum absolute atomic E-state index is 11.9. The van der Waals surface area contributed by atoms with E-state index in [0.717, 1.165) is 34.6 Å². The molecule has 0 saturated carbocycles. The molecule has 0 amide bonds. The number of aromatic nitrogens is 2. The topological polar surface area (TPSA) is 64.3 Å². The van der Waals surface area contributed by atoms with Crippen LogP contribution in [0.25, 0.3) is 11.0 Å². The Bertz CT molecular complexity index is 934. The molecule has 5 nitrogen and oxygen atoms in total. The number of imidazole rings is 1. The van der Waals surface area contributed by atoms with E-state index < -0.39 is 0 Å². The van der Waals surface area contributed by atoms with E-state index >= 15 is 0 Å². The number of phenols is 1. The SMILES string of the molecule is CCC(=O)C(Cc1ccc(OCc2nc3ccc(O)cc3n2C)cc1)SC. The Morgan fingerprint density at radius 1 is 1.26 bits per heavy atom. The average molecular weight is 385 g/mol. The highest BCUT2D eigenvalue weighted by molar-refractivity contribution is 7.99. The van der Waals surface area contributed by atoms with Crippen molar-refractivity contribution >= 4 is 28.6 Å². The van der Waals surface area contributed by atoms with Crippen molar-refractivity contribution in [2.24, 2.45) is 7.05 Å². The van der Waals surface area contributed by atoms with Crippen molar-refractivity contribution in [3.8, 4) is 11.5 Å². The molecule has 1 heterocycles. The maximum Gasteiger partial charge on any atom is 0.147 e. The zero-order chi connectivity index (χ0) is 19.4. The molecule has 1 aromatic heterocycles. The smallest absolute Gasteiger partial charge is 0.147 e. The summed E-state index contributed by atoms with van der Waals surface area (Å²) >= 11 is 1.60. The Balaban J connectivity index is 1.65.